The third kappa shape index (κ3) is 3.52. The monoisotopic (exact) mass is 234 g/mol. The van der Waals surface area contributed by atoms with E-state index in [2.05, 4.69) is 6.58 Å². The van der Waals surface area contributed by atoms with Gasteiger partial charge in [0.15, 0.2) is 12.7 Å². The van der Waals surface area contributed by atoms with E-state index in [1.165, 1.54) is 6.92 Å². The molecular weight excluding hydrogens is 218 g/mol. The van der Waals surface area contributed by atoms with Gasteiger partial charge in [-0.05, 0) is 18.6 Å². The molecule has 0 fully saturated rings. The Morgan fingerprint density at radius 3 is 2.53 bits per heavy atom. The molecule has 0 unspecified atom stereocenters. The van der Waals surface area contributed by atoms with Crippen LogP contribution in [0.25, 0.3) is 0 Å². The van der Waals surface area contributed by atoms with Crippen molar-refractivity contribution in [2.24, 2.45) is 0 Å². The van der Waals surface area contributed by atoms with Gasteiger partial charge < -0.3 is 5.11 Å². The van der Waals surface area contributed by atoms with Crippen LogP contribution in [0.4, 0.5) is 0 Å². The number of pyridine rings is 1. The fraction of sp³-hybridized carbons (Fsp3) is 0.308. The molecule has 1 aromatic heterocycles. The third-order valence-electron chi connectivity index (χ3n) is 2.27. The Morgan fingerprint density at radius 2 is 2.06 bits per heavy atom. The molecule has 0 bridgehead atoms. The van der Waals surface area contributed by atoms with E-state index in [0.29, 0.717) is 17.8 Å². The molecule has 0 aliphatic carbocycles. The van der Waals surface area contributed by atoms with Crippen molar-refractivity contribution in [3.05, 3.63) is 41.7 Å². The third-order valence-corrected chi connectivity index (χ3v) is 2.27. The summed E-state index contributed by atoms with van der Waals surface area (Å²) in [6, 6.07) is 3.41. The van der Waals surface area contributed by atoms with E-state index in [9.17, 15) is 9.59 Å². The number of ketones is 1. The highest BCUT2D eigenvalue weighted by atomic mass is 16.4. The number of allylic oxidation sites excluding steroid dienone is 1. The topological polar surface area (TPSA) is 58.2 Å². The van der Waals surface area contributed by atoms with Gasteiger partial charge in [-0.3, -0.25) is 9.59 Å². The summed E-state index contributed by atoms with van der Waals surface area (Å²) >= 11 is 0. The van der Waals surface area contributed by atoms with Gasteiger partial charge in [0.1, 0.15) is 0 Å². The molecule has 1 heterocycles. The van der Waals surface area contributed by atoms with Crippen LogP contribution >= 0.6 is 0 Å². The molecule has 90 valence electrons. The Morgan fingerprint density at radius 1 is 1.41 bits per heavy atom. The molecule has 17 heavy (non-hydrogen) atoms. The van der Waals surface area contributed by atoms with Crippen LogP contribution < -0.4 is 4.57 Å². The molecule has 1 aromatic rings. The second kappa shape index (κ2) is 5.39. The predicted molar refractivity (Wildman–Crippen MR) is 62.8 cm³/mol. The summed E-state index contributed by atoms with van der Waals surface area (Å²) < 4.78 is 1.74. The van der Waals surface area contributed by atoms with Crippen LogP contribution in [0, 0.1) is 0 Å². The number of carbonyl (C=O) groups is 2. The average Bonchev–Trinajstić information content (AvgIpc) is 2.14. The van der Waals surface area contributed by atoms with Gasteiger partial charge in [0, 0.05) is 18.6 Å². The van der Waals surface area contributed by atoms with Gasteiger partial charge in [-0.2, -0.15) is 4.57 Å². The average molecular weight is 234 g/mol. The van der Waals surface area contributed by atoms with Crippen molar-refractivity contribution in [3.8, 4) is 0 Å². The van der Waals surface area contributed by atoms with Crippen LogP contribution in [0.2, 0.25) is 0 Å². The van der Waals surface area contributed by atoms with Crippen molar-refractivity contribution in [2.45, 2.75) is 26.8 Å². The van der Waals surface area contributed by atoms with Crippen molar-refractivity contribution < 1.29 is 19.3 Å². The first-order valence-electron chi connectivity index (χ1n) is 5.30. The minimum Gasteiger partial charge on any atom is -0.481 e. The number of aliphatic carboxylic acids is 1. The number of rotatable bonds is 5. The molecule has 0 aliphatic heterocycles. The van der Waals surface area contributed by atoms with E-state index < -0.39 is 5.97 Å². The van der Waals surface area contributed by atoms with E-state index in [1.807, 2.05) is 6.92 Å². The van der Waals surface area contributed by atoms with Crippen LogP contribution in [0.1, 0.15) is 29.9 Å². The quantitative estimate of drug-likeness (QED) is 0.475. The van der Waals surface area contributed by atoms with E-state index in [1.54, 1.807) is 22.9 Å². The zero-order valence-corrected chi connectivity index (χ0v) is 10.1. The second-order valence-electron chi connectivity index (χ2n) is 4.09. The number of carboxylic acid groups (broad SMARTS) is 1. The number of hydrogen-bond acceptors (Lipinski definition) is 2. The van der Waals surface area contributed by atoms with Crippen molar-refractivity contribution in [1.29, 1.82) is 0 Å². The first-order chi connectivity index (χ1) is 7.91. The van der Waals surface area contributed by atoms with Gasteiger partial charge in [-0.1, -0.05) is 6.58 Å². The smallest absolute Gasteiger partial charge is 0.308 e. The number of nitrogens with zero attached hydrogens (tertiary/aromatic N) is 1. The van der Waals surface area contributed by atoms with Crippen molar-refractivity contribution in [1.82, 2.24) is 0 Å². The molecule has 0 aromatic carbocycles. The SMILES string of the molecule is C=C(C)C[n+]1cccc(CC(=O)O)c1C(C)=O. The number of hydrogen-bond donors (Lipinski definition) is 1. The zero-order chi connectivity index (χ0) is 13.0. The van der Waals surface area contributed by atoms with E-state index in [0.717, 1.165) is 5.57 Å². The lowest BCUT2D eigenvalue weighted by Gasteiger charge is -2.05. The maximum absolute atomic E-state index is 11.6. The number of aromatic nitrogens is 1. The summed E-state index contributed by atoms with van der Waals surface area (Å²) in [5, 5.41) is 8.81. The van der Waals surface area contributed by atoms with Crippen LogP contribution in [-0.2, 0) is 17.8 Å². The fourth-order valence-electron chi connectivity index (χ4n) is 1.76. The van der Waals surface area contributed by atoms with Gasteiger partial charge in [-0.25, -0.2) is 0 Å². The molecule has 1 rings (SSSR count). The number of carbonyl (C=O) groups excluding carboxylic acids is 1. The summed E-state index contributed by atoms with van der Waals surface area (Å²) in [4.78, 5) is 22.3. The highest BCUT2D eigenvalue weighted by molar-refractivity contribution is 5.93. The van der Waals surface area contributed by atoms with E-state index >= 15 is 0 Å². The molecule has 4 heteroatoms. The van der Waals surface area contributed by atoms with Crippen LogP contribution in [0.5, 0.6) is 0 Å². The molecular formula is C13H16NO3+. The second-order valence-corrected chi connectivity index (χ2v) is 4.09. The summed E-state index contributed by atoms with van der Waals surface area (Å²) in [5.41, 5.74) is 1.89. The van der Waals surface area contributed by atoms with Gasteiger partial charge in [0.2, 0.25) is 5.78 Å². The molecule has 0 spiro atoms. The maximum Gasteiger partial charge on any atom is 0.308 e. The predicted octanol–water partition coefficient (Wildman–Crippen LogP) is 1.38. The lowest BCUT2D eigenvalue weighted by molar-refractivity contribution is -0.691. The molecule has 4 nitrogen and oxygen atoms in total. The largest absolute Gasteiger partial charge is 0.481 e. The zero-order valence-electron chi connectivity index (χ0n) is 10.1. The fourth-order valence-corrected chi connectivity index (χ4v) is 1.76. The van der Waals surface area contributed by atoms with Crippen LogP contribution in [0.15, 0.2) is 30.5 Å². The minimum atomic E-state index is -0.944. The first kappa shape index (κ1) is 13.1. The Bertz CT molecular complexity index is 443. The molecule has 1 N–H and O–H groups in total. The Hall–Kier alpha value is -1.97. The lowest BCUT2D eigenvalue weighted by atomic mass is 10.1. The summed E-state index contributed by atoms with van der Waals surface area (Å²) in [5.74, 6) is -1.08. The molecule has 0 radical (unpaired) electrons. The minimum absolute atomic E-state index is 0.136. The molecule has 0 aliphatic rings. The summed E-state index contributed by atoms with van der Waals surface area (Å²) in [6.45, 7) is 7.61. The number of carboxylic acids is 1. The van der Waals surface area contributed by atoms with E-state index in [-0.39, 0.29) is 12.2 Å². The molecule has 0 amide bonds. The Kier molecular flexibility index (Phi) is 4.15. The van der Waals surface area contributed by atoms with E-state index in [4.69, 9.17) is 5.11 Å². The standard InChI is InChI=1S/C13H15NO3/c1-9(2)8-14-6-4-5-11(7-12(16)17)13(14)10(3)15/h4-6H,1,7-8H2,2-3H3/p+1. The van der Waals surface area contributed by atoms with Crippen molar-refractivity contribution >= 4 is 11.8 Å². The molecule has 0 saturated carbocycles. The van der Waals surface area contributed by atoms with Gasteiger partial charge >= 0.3 is 5.97 Å². The number of Topliss-reactive ketones (excluding diaryl/α,β-unsaturated/α-hetero) is 1. The maximum atomic E-state index is 11.6. The molecule has 0 atom stereocenters. The summed E-state index contributed by atoms with van der Waals surface area (Å²) in [7, 11) is 0. The van der Waals surface area contributed by atoms with Crippen LogP contribution in [0.3, 0.4) is 0 Å². The molecule has 0 saturated heterocycles. The highest BCUT2D eigenvalue weighted by Crippen LogP contribution is 2.07. The van der Waals surface area contributed by atoms with Crippen molar-refractivity contribution in [3.63, 3.8) is 0 Å². The van der Waals surface area contributed by atoms with Crippen LogP contribution in [-0.4, -0.2) is 16.9 Å². The first-order valence-corrected chi connectivity index (χ1v) is 5.30. The Labute approximate surface area is 100 Å². The normalized spacial score (nSPS) is 10.0. The lowest BCUT2D eigenvalue weighted by Crippen LogP contribution is -2.41. The Balaban J connectivity index is 3.26. The summed E-state index contributed by atoms with van der Waals surface area (Å²) in [6.07, 6.45) is 1.61. The van der Waals surface area contributed by atoms with Gasteiger partial charge in [0.05, 0.1) is 6.42 Å². The van der Waals surface area contributed by atoms with Gasteiger partial charge in [0.25, 0.3) is 5.69 Å². The van der Waals surface area contributed by atoms with Gasteiger partial charge in [-0.15, -0.1) is 0 Å². The highest BCUT2D eigenvalue weighted by Gasteiger charge is 2.21. The van der Waals surface area contributed by atoms with Crippen molar-refractivity contribution in [2.75, 3.05) is 0 Å².